The second-order valence-corrected chi connectivity index (χ2v) is 7.86. The van der Waals surface area contributed by atoms with Crippen LogP contribution in [0.15, 0.2) is 41.1 Å². The molecule has 1 heterocycles. The van der Waals surface area contributed by atoms with Crippen LogP contribution in [0.25, 0.3) is 22.4 Å². The number of methoxy groups -OCH3 is 3. The standard InChI is InChI=1S/C26H30N2O6/c1-6-7-19(29)9-11-24(30)27-21-13-17(8-10-22(21)31-3)20-15-34-28-25(20)18-12-16(2)26(33-5)23(14-18)32-4/h8,10,12-15H,6-7,9,11H2,1-5H3,(H,27,30). The second-order valence-electron chi connectivity index (χ2n) is 7.86. The Morgan fingerprint density at radius 1 is 0.941 bits per heavy atom. The number of aryl methyl sites for hydroxylation is 1. The lowest BCUT2D eigenvalue weighted by atomic mass is 9.99. The lowest BCUT2D eigenvalue weighted by Crippen LogP contribution is -2.14. The van der Waals surface area contributed by atoms with Crippen LogP contribution < -0.4 is 19.5 Å². The Bertz CT molecular complexity index is 1170. The molecule has 2 aromatic carbocycles. The molecule has 8 nitrogen and oxygen atoms in total. The third-order valence-corrected chi connectivity index (χ3v) is 5.45. The molecule has 3 aromatic rings. The van der Waals surface area contributed by atoms with E-state index in [1.807, 2.05) is 32.0 Å². The summed E-state index contributed by atoms with van der Waals surface area (Å²) in [6.07, 6.45) is 3.15. The predicted octanol–water partition coefficient (Wildman–Crippen LogP) is 5.43. The summed E-state index contributed by atoms with van der Waals surface area (Å²) < 4.78 is 21.6. The van der Waals surface area contributed by atoms with Gasteiger partial charge in [-0.25, -0.2) is 0 Å². The molecular weight excluding hydrogens is 436 g/mol. The SMILES string of the molecule is CCCC(=O)CCC(=O)Nc1cc(-c2conc2-c2cc(C)c(OC)c(OC)c2)ccc1OC. The number of carbonyl (C=O) groups excluding carboxylic acids is 2. The zero-order valence-corrected chi connectivity index (χ0v) is 20.2. The molecule has 0 unspecified atom stereocenters. The number of benzene rings is 2. The van der Waals surface area contributed by atoms with E-state index in [4.69, 9.17) is 18.7 Å². The molecule has 0 aliphatic rings. The van der Waals surface area contributed by atoms with E-state index in [2.05, 4.69) is 10.5 Å². The van der Waals surface area contributed by atoms with Gasteiger partial charge in [-0.2, -0.15) is 0 Å². The number of Topliss-reactive ketones (excluding diaryl/α,β-unsaturated/α-hetero) is 1. The molecular formula is C26H30N2O6. The van der Waals surface area contributed by atoms with Crippen LogP contribution in [0, 0.1) is 6.92 Å². The van der Waals surface area contributed by atoms with Gasteiger partial charge < -0.3 is 24.1 Å². The van der Waals surface area contributed by atoms with Crippen molar-refractivity contribution in [2.24, 2.45) is 0 Å². The minimum absolute atomic E-state index is 0.0812. The average Bonchev–Trinajstić information content (AvgIpc) is 3.32. The van der Waals surface area contributed by atoms with Crippen molar-refractivity contribution >= 4 is 17.4 Å². The van der Waals surface area contributed by atoms with Crippen LogP contribution >= 0.6 is 0 Å². The third-order valence-electron chi connectivity index (χ3n) is 5.45. The molecule has 0 atom stereocenters. The first kappa shape index (κ1) is 24.8. The first-order valence-corrected chi connectivity index (χ1v) is 11.1. The van der Waals surface area contributed by atoms with Gasteiger partial charge in [0.15, 0.2) is 11.5 Å². The highest BCUT2D eigenvalue weighted by molar-refractivity contribution is 5.96. The summed E-state index contributed by atoms with van der Waals surface area (Å²) in [5, 5.41) is 7.07. The van der Waals surface area contributed by atoms with Gasteiger partial charge in [0.25, 0.3) is 0 Å². The summed E-state index contributed by atoms with van der Waals surface area (Å²) in [6, 6.07) is 9.22. The minimum atomic E-state index is -0.249. The Morgan fingerprint density at radius 3 is 2.38 bits per heavy atom. The average molecular weight is 467 g/mol. The van der Waals surface area contributed by atoms with E-state index in [0.717, 1.165) is 28.7 Å². The number of nitrogens with one attached hydrogen (secondary N) is 1. The maximum atomic E-state index is 12.5. The van der Waals surface area contributed by atoms with Crippen molar-refractivity contribution in [3.8, 4) is 39.6 Å². The van der Waals surface area contributed by atoms with Crippen molar-refractivity contribution in [3.63, 3.8) is 0 Å². The molecule has 8 heteroatoms. The molecule has 0 bridgehead atoms. The molecule has 1 N–H and O–H groups in total. The van der Waals surface area contributed by atoms with Gasteiger partial charge in [0, 0.05) is 30.4 Å². The van der Waals surface area contributed by atoms with Crippen LogP contribution in [0.3, 0.4) is 0 Å². The van der Waals surface area contributed by atoms with Crippen LogP contribution in [0.2, 0.25) is 0 Å². The molecule has 0 fully saturated rings. The van der Waals surface area contributed by atoms with E-state index in [9.17, 15) is 9.59 Å². The van der Waals surface area contributed by atoms with Crippen LogP contribution in [0.1, 0.15) is 38.2 Å². The van der Waals surface area contributed by atoms with E-state index in [1.54, 1.807) is 32.6 Å². The van der Waals surface area contributed by atoms with Gasteiger partial charge in [-0.3, -0.25) is 9.59 Å². The molecule has 1 amide bonds. The molecule has 0 spiro atoms. The lowest BCUT2D eigenvalue weighted by Gasteiger charge is -2.14. The maximum Gasteiger partial charge on any atom is 0.224 e. The van der Waals surface area contributed by atoms with Gasteiger partial charge in [-0.1, -0.05) is 18.1 Å². The summed E-state index contributed by atoms with van der Waals surface area (Å²) in [6.45, 7) is 3.87. The summed E-state index contributed by atoms with van der Waals surface area (Å²) in [5.41, 5.74) is 4.34. The number of ketones is 1. The van der Waals surface area contributed by atoms with Crippen LogP contribution in [-0.4, -0.2) is 38.2 Å². The van der Waals surface area contributed by atoms with E-state index >= 15 is 0 Å². The molecule has 3 rings (SSSR count). The number of hydrogen-bond donors (Lipinski definition) is 1. The smallest absolute Gasteiger partial charge is 0.224 e. The van der Waals surface area contributed by atoms with Crippen molar-refractivity contribution in [2.45, 2.75) is 39.5 Å². The Balaban J connectivity index is 1.91. The van der Waals surface area contributed by atoms with Crippen molar-refractivity contribution in [3.05, 3.63) is 42.2 Å². The molecule has 34 heavy (non-hydrogen) atoms. The normalized spacial score (nSPS) is 10.6. The van der Waals surface area contributed by atoms with E-state index < -0.39 is 0 Å². The Hall–Kier alpha value is -3.81. The molecule has 0 radical (unpaired) electrons. The Kier molecular flexibility index (Phi) is 8.29. The van der Waals surface area contributed by atoms with Crippen LogP contribution in [0.5, 0.6) is 17.2 Å². The van der Waals surface area contributed by atoms with Gasteiger partial charge >= 0.3 is 0 Å². The zero-order valence-electron chi connectivity index (χ0n) is 20.2. The fourth-order valence-electron chi connectivity index (χ4n) is 3.78. The monoisotopic (exact) mass is 466 g/mol. The van der Waals surface area contributed by atoms with Gasteiger partial charge in [-0.15, -0.1) is 0 Å². The van der Waals surface area contributed by atoms with Crippen molar-refractivity contribution < 1.29 is 28.3 Å². The van der Waals surface area contributed by atoms with Gasteiger partial charge in [0.05, 0.1) is 27.0 Å². The number of carbonyl (C=O) groups is 2. The van der Waals surface area contributed by atoms with Crippen LogP contribution in [0.4, 0.5) is 5.69 Å². The van der Waals surface area contributed by atoms with E-state index in [1.165, 1.54) is 7.11 Å². The third kappa shape index (κ3) is 5.57. The predicted molar refractivity (Wildman–Crippen MR) is 130 cm³/mol. The number of rotatable bonds is 11. The summed E-state index contributed by atoms with van der Waals surface area (Å²) in [7, 11) is 4.71. The fraction of sp³-hybridized carbons (Fsp3) is 0.346. The number of nitrogens with zero attached hydrogens (tertiary/aromatic N) is 1. The minimum Gasteiger partial charge on any atom is -0.495 e. The van der Waals surface area contributed by atoms with Gasteiger partial charge in [0.2, 0.25) is 5.91 Å². The van der Waals surface area contributed by atoms with Gasteiger partial charge in [0.1, 0.15) is 23.5 Å². The van der Waals surface area contributed by atoms with E-state index in [-0.39, 0.29) is 24.5 Å². The first-order valence-electron chi connectivity index (χ1n) is 11.1. The molecule has 0 saturated heterocycles. The highest BCUT2D eigenvalue weighted by atomic mass is 16.5. The quantitative estimate of drug-likeness (QED) is 0.402. The topological polar surface area (TPSA) is 99.9 Å². The zero-order chi connectivity index (χ0) is 24.7. The largest absolute Gasteiger partial charge is 0.495 e. The highest BCUT2D eigenvalue weighted by Crippen LogP contribution is 2.40. The van der Waals surface area contributed by atoms with Crippen molar-refractivity contribution in [1.29, 1.82) is 0 Å². The lowest BCUT2D eigenvalue weighted by molar-refractivity contribution is -0.122. The number of aromatic nitrogens is 1. The first-order chi connectivity index (χ1) is 16.4. The maximum absolute atomic E-state index is 12.5. The van der Waals surface area contributed by atoms with Crippen molar-refractivity contribution in [1.82, 2.24) is 5.16 Å². The molecule has 180 valence electrons. The van der Waals surface area contributed by atoms with Gasteiger partial charge in [-0.05, 0) is 48.7 Å². The summed E-state index contributed by atoms with van der Waals surface area (Å²) >= 11 is 0. The van der Waals surface area contributed by atoms with Crippen LogP contribution in [-0.2, 0) is 9.59 Å². The molecule has 0 aliphatic heterocycles. The second kappa shape index (κ2) is 11.4. The Morgan fingerprint density at radius 2 is 1.71 bits per heavy atom. The summed E-state index contributed by atoms with van der Waals surface area (Å²) in [4.78, 5) is 24.2. The number of anilines is 1. The molecule has 0 aliphatic carbocycles. The number of amides is 1. The van der Waals surface area contributed by atoms with Crippen molar-refractivity contribution in [2.75, 3.05) is 26.6 Å². The number of hydrogen-bond acceptors (Lipinski definition) is 7. The Labute approximate surface area is 199 Å². The highest BCUT2D eigenvalue weighted by Gasteiger charge is 2.19. The molecule has 0 saturated carbocycles. The fourth-order valence-corrected chi connectivity index (χ4v) is 3.78. The number of ether oxygens (including phenoxy) is 3. The molecule has 1 aromatic heterocycles. The summed E-state index contributed by atoms with van der Waals surface area (Å²) in [5.74, 6) is 1.59. The van der Waals surface area contributed by atoms with E-state index in [0.29, 0.717) is 35.1 Å².